The van der Waals surface area contributed by atoms with Gasteiger partial charge in [0.15, 0.2) is 5.78 Å². The van der Waals surface area contributed by atoms with Crippen molar-refractivity contribution < 1.29 is 9.59 Å². The molecule has 90 valence electrons. The standard InChI is InChI=1S/C12H15N3O2/c1-3-4-12(17)14-5-6-15-10(9(2)16)7-13-11(15)8-14/h3-4,7H,5-6,8H2,1-2H3/b4-3+. The molecule has 1 aliphatic heterocycles. The first-order valence-electron chi connectivity index (χ1n) is 5.60. The zero-order valence-corrected chi connectivity index (χ0v) is 10.0. The van der Waals surface area contributed by atoms with Gasteiger partial charge in [-0.1, -0.05) is 6.08 Å². The molecule has 0 N–H and O–H groups in total. The number of imidazole rings is 1. The van der Waals surface area contributed by atoms with Crippen LogP contribution < -0.4 is 0 Å². The minimum atomic E-state index is -0.00822. The third kappa shape index (κ3) is 2.13. The molecule has 1 aliphatic rings. The van der Waals surface area contributed by atoms with Crippen molar-refractivity contribution in [3.8, 4) is 0 Å². The van der Waals surface area contributed by atoms with Crippen molar-refractivity contribution in [3.63, 3.8) is 0 Å². The molecule has 0 spiro atoms. The third-order valence-corrected chi connectivity index (χ3v) is 2.85. The van der Waals surface area contributed by atoms with Gasteiger partial charge >= 0.3 is 0 Å². The summed E-state index contributed by atoms with van der Waals surface area (Å²) in [6, 6.07) is 0. The van der Waals surface area contributed by atoms with Gasteiger partial charge < -0.3 is 9.47 Å². The Morgan fingerprint density at radius 3 is 2.82 bits per heavy atom. The number of Topliss-reactive ketones (excluding diaryl/α,β-unsaturated/α-hetero) is 1. The number of fused-ring (bicyclic) bond motifs is 1. The molecular weight excluding hydrogens is 218 g/mol. The molecule has 2 rings (SSSR count). The number of carbonyl (C=O) groups is 2. The van der Waals surface area contributed by atoms with E-state index in [2.05, 4.69) is 4.98 Å². The minimum Gasteiger partial charge on any atom is -0.330 e. The highest BCUT2D eigenvalue weighted by Gasteiger charge is 2.23. The summed E-state index contributed by atoms with van der Waals surface area (Å²) in [5, 5.41) is 0. The van der Waals surface area contributed by atoms with Crippen molar-refractivity contribution in [1.82, 2.24) is 14.5 Å². The summed E-state index contributed by atoms with van der Waals surface area (Å²) >= 11 is 0. The summed E-state index contributed by atoms with van der Waals surface area (Å²) < 4.78 is 1.89. The van der Waals surface area contributed by atoms with Crippen molar-refractivity contribution >= 4 is 11.7 Å². The van der Waals surface area contributed by atoms with Crippen LogP contribution in [-0.2, 0) is 17.9 Å². The van der Waals surface area contributed by atoms with Crippen molar-refractivity contribution in [3.05, 3.63) is 29.9 Å². The van der Waals surface area contributed by atoms with Crippen LogP contribution in [0.25, 0.3) is 0 Å². The zero-order chi connectivity index (χ0) is 12.4. The van der Waals surface area contributed by atoms with E-state index in [1.165, 1.54) is 6.92 Å². The first-order valence-corrected chi connectivity index (χ1v) is 5.60. The quantitative estimate of drug-likeness (QED) is 0.565. The number of nitrogens with zero attached hydrogens (tertiary/aromatic N) is 3. The maximum atomic E-state index is 11.7. The fourth-order valence-electron chi connectivity index (χ4n) is 1.98. The Hall–Kier alpha value is -1.91. The molecule has 0 saturated carbocycles. The van der Waals surface area contributed by atoms with Crippen molar-refractivity contribution in [2.45, 2.75) is 26.9 Å². The predicted octanol–water partition coefficient (Wildman–Crippen LogP) is 1.00. The number of aromatic nitrogens is 2. The number of allylic oxidation sites excluding steroid dienone is 1. The summed E-state index contributed by atoms with van der Waals surface area (Å²) in [6.07, 6.45) is 4.86. The van der Waals surface area contributed by atoms with Gasteiger partial charge in [0.25, 0.3) is 0 Å². The summed E-state index contributed by atoms with van der Waals surface area (Å²) in [6.45, 7) is 5.06. The second-order valence-corrected chi connectivity index (χ2v) is 4.03. The monoisotopic (exact) mass is 233 g/mol. The normalized spacial score (nSPS) is 15.1. The van der Waals surface area contributed by atoms with Crippen LogP contribution in [0, 0.1) is 0 Å². The lowest BCUT2D eigenvalue weighted by atomic mass is 10.3. The van der Waals surface area contributed by atoms with Crippen LogP contribution in [0.5, 0.6) is 0 Å². The average molecular weight is 233 g/mol. The number of hydrogen-bond acceptors (Lipinski definition) is 3. The third-order valence-electron chi connectivity index (χ3n) is 2.85. The number of hydrogen-bond donors (Lipinski definition) is 0. The number of ketones is 1. The first kappa shape index (κ1) is 11.6. The molecule has 5 heteroatoms. The van der Waals surface area contributed by atoms with Gasteiger partial charge in [-0.15, -0.1) is 0 Å². The van der Waals surface area contributed by atoms with Gasteiger partial charge in [-0.05, 0) is 13.0 Å². The van der Waals surface area contributed by atoms with Crippen molar-refractivity contribution in [1.29, 1.82) is 0 Å². The Kier molecular flexibility index (Phi) is 3.08. The number of amides is 1. The molecule has 0 radical (unpaired) electrons. The van der Waals surface area contributed by atoms with Crippen LogP contribution in [0.15, 0.2) is 18.3 Å². The lowest BCUT2D eigenvalue weighted by molar-refractivity contribution is -0.127. The Morgan fingerprint density at radius 2 is 2.18 bits per heavy atom. The molecule has 0 fully saturated rings. The Morgan fingerprint density at radius 1 is 1.41 bits per heavy atom. The van der Waals surface area contributed by atoms with E-state index in [1.54, 1.807) is 23.2 Å². The lowest BCUT2D eigenvalue weighted by Crippen LogP contribution is -2.38. The smallest absolute Gasteiger partial charge is 0.246 e. The molecule has 1 aromatic heterocycles. The molecule has 2 heterocycles. The van der Waals surface area contributed by atoms with Crippen LogP contribution in [0.1, 0.15) is 30.2 Å². The number of carbonyl (C=O) groups excluding carboxylic acids is 2. The maximum Gasteiger partial charge on any atom is 0.246 e. The highest BCUT2D eigenvalue weighted by molar-refractivity contribution is 5.92. The summed E-state index contributed by atoms with van der Waals surface area (Å²) in [7, 11) is 0. The molecule has 1 amide bonds. The molecule has 17 heavy (non-hydrogen) atoms. The molecule has 0 aliphatic carbocycles. The molecular formula is C12H15N3O2. The summed E-state index contributed by atoms with van der Waals surface area (Å²) in [5.41, 5.74) is 0.623. The molecule has 0 aromatic carbocycles. The van der Waals surface area contributed by atoms with E-state index >= 15 is 0 Å². The van der Waals surface area contributed by atoms with E-state index in [-0.39, 0.29) is 11.7 Å². The second-order valence-electron chi connectivity index (χ2n) is 4.03. The summed E-state index contributed by atoms with van der Waals surface area (Å²) in [4.78, 5) is 29.0. The Labute approximate surface area is 99.7 Å². The zero-order valence-electron chi connectivity index (χ0n) is 10.0. The molecule has 0 bridgehead atoms. The predicted molar refractivity (Wildman–Crippen MR) is 62.5 cm³/mol. The first-order chi connectivity index (χ1) is 8.13. The Balaban J connectivity index is 2.21. The highest BCUT2D eigenvalue weighted by atomic mass is 16.2. The topological polar surface area (TPSA) is 55.2 Å². The average Bonchev–Trinajstić information content (AvgIpc) is 2.71. The maximum absolute atomic E-state index is 11.7. The molecule has 0 saturated heterocycles. The van der Waals surface area contributed by atoms with Gasteiger partial charge in [0.1, 0.15) is 11.5 Å². The fourth-order valence-corrected chi connectivity index (χ4v) is 1.98. The summed E-state index contributed by atoms with van der Waals surface area (Å²) in [5.74, 6) is 0.780. The molecule has 0 unspecified atom stereocenters. The lowest BCUT2D eigenvalue weighted by Gasteiger charge is -2.27. The van der Waals surface area contributed by atoms with E-state index in [1.807, 2.05) is 11.5 Å². The van der Waals surface area contributed by atoms with E-state index in [0.717, 1.165) is 5.82 Å². The van der Waals surface area contributed by atoms with Crippen LogP contribution in [0.2, 0.25) is 0 Å². The number of rotatable bonds is 2. The largest absolute Gasteiger partial charge is 0.330 e. The van der Waals surface area contributed by atoms with Gasteiger partial charge in [-0.2, -0.15) is 0 Å². The van der Waals surface area contributed by atoms with Gasteiger partial charge in [-0.3, -0.25) is 9.59 Å². The van der Waals surface area contributed by atoms with Gasteiger partial charge in [0.05, 0.1) is 12.7 Å². The van der Waals surface area contributed by atoms with Crippen molar-refractivity contribution in [2.24, 2.45) is 0 Å². The van der Waals surface area contributed by atoms with Crippen LogP contribution in [0.3, 0.4) is 0 Å². The van der Waals surface area contributed by atoms with Crippen LogP contribution in [0.4, 0.5) is 0 Å². The highest BCUT2D eigenvalue weighted by Crippen LogP contribution is 2.15. The van der Waals surface area contributed by atoms with Gasteiger partial charge in [0.2, 0.25) is 5.91 Å². The minimum absolute atomic E-state index is 0.00822. The van der Waals surface area contributed by atoms with Crippen LogP contribution in [-0.4, -0.2) is 32.7 Å². The van der Waals surface area contributed by atoms with Crippen LogP contribution >= 0.6 is 0 Å². The second kappa shape index (κ2) is 4.53. The fraction of sp³-hybridized carbons (Fsp3) is 0.417. The van der Waals surface area contributed by atoms with Gasteiger partial charge in [0, 0.05) is 20.0 Å². The van der Waals surface area contributed by atoms with Gasteiger partial charge in [-0.25, -0.2) is 4.98 Å². The van der Waals surface area contributed by atoms with E-state index in [0.29, 0.717) is 25.3 Å². The molecule has 5 nitrogen and oxygen atoms in total. The van der Waals surface area contributed by atoms with Crippen molar-refractivity contribution in [2.75, 3.05) is 6.54 Å². The molecule has 0 atom stereocenters. The van der Waals surface area contributed by atoms with E-state index in [9.17, 15) is 9.59 Å². The van der Waals surface area contributed by atoms with E-state index in [4.69, 9.17) is 0 Å². The molecule has 1 aromatic rings. The Bertz CT molecular complexity index is 488. The van der Waals surface area contributed by atoms with E-state index < -0.39 is 0 Å². The SMILES string of the molecule is C/C=C/C(=O)N1CCn2c(C(C)=O)cnc2C1.